The molecule has 5 heteroatoms. The summed E-state index contributed by atoms with van der Waals surface area (Å²) in [4.78, 5) is 1.29. The largest absolute Gasteiger partial charge is 0.327 e. The van der Waals surface area contributed by atoms with Crippen LogP contribution in [0.2, 0.25) is 0 Å². The summed E-state index contributed by atoms with van der Waals surface area (Å²) in [6.07, 6.45) is 4.07. The first-order chi connectivity index (χ1) is 6.90. The van der Waals surface area contributed by atoms with Crippen LogP contribution in [0.5, 0.6) is 0 Å². The maximum Gasteiger partial charge on any atom is 0.0700 e. The summed E-state index contributed by atoms with van der Waals surface area (Å²) in [7, 11) is 0. The van der Waals surface area contributed by atoms with E-state index in [1.165, 1.54) is 13.4 Å². The van der Waals surface area contributed by atoms with Crippen molar-refractivity contribution in [1.29, 1.82) is 0 Å². The van der Waals surface area contributed by atoms with Crippen LogP contribution >= 0.6 is 47.0 Å². The molecule has 2 rings (SSSR count). The third kappa shape index (κ3) is 2.67. The van der Waals surface area contributed by atoms with Crippen molar-refractivity contribution in [1.82, 2.24) is 0 Å². The highest BCUT2D eigenvalue weighted by Gasteiger charge is 2.16. The second-order valence-electron chi connectivity index (χ2n) is 2.46. The lowest BCUT2D eigenvalue weighted by atomic mass is 10.5. The lowest BCUT2D eigenvalue weighted by molar-refractivity contribution is 1.25. The monoisotopic (exact) mass is 259 g/mol. The molecule has 0 fully saturated rings. The zero-order chi connectivity index (χ0) is 9.80. The molecule has 14 heavy (non-hydrogen) atoms. The zero-order valence-corrected chi connectivity index (χ0v) is 10.6. The Balaban J connectivity index is 1.98. The molecule has 1 nitrogen and oxygen atoms in total. The van der Waals surface area contributed by atoms with E-state index in [4.69, 9.17) is 5.73 Å². The van der Waals surface area contributed by atoms with E-state index >= 15 is 0 Å². The van der Waals surface area contributed by atoms with E-state index in [0.717, 1.165) is 0 Å². The smallest absolute Gasteiger partial charge is 0.0700 e. The van der Waals surface area contributed by atoms with Crippen molar-refractivity contribution in [2.75, 3.05) is 6.54 Å². The molecule has 74 valence electrons. The van der Waals surface area contributed by atoms with Crippen LogP contribution in [0, 0.1) is 0 Å². The molecular weight excluding hydrogens is 250 g/mol. The van der Waals surface area contributed by atoms with E-state index in [1.54, 1.807) is 35.3 Å². The van der Waals surface area contributed by atoms with Crippen molar-refractivity contribution in [2.45, 2.75) is 0 Å². The van der Waals surface area contributed by atoms with Crippen LogP contribution in [-0.2, 0) is 0 Å². The predicted octanol–water partition coefficient (Wildman–Crippen LogP) is 3.90. The fraction of sp³-hybridized carbons (Fsp3) is 0.111. The summed E-state index contributed by atoms with van der Waals surface area (Å²) in [5.74, 6) is 0. The van der Waals surface area contributed by atoms with Gasteiger partial charge in [0.15, 0.2) is 0 Å². The average Bonchev–Trinajstić information content (AvgIpc) is 2.85. The van der Waals surface area contributed by atoms with Crippen LogP contribution in [0.25, 0.3) is 0 Å². The number of hydrogen-bond acceptors (Lipinski definition) is 5. The maximum atomic E-state index is 5.40. The van der Waals surface area contributed by atoms with Gasteiger partial charge in [0.05, 0.1) is 8.47 Å². The minimum Gasteiger partial charge on any atom is -0.327 e. The number of allylic oxidation sites excluding steroid dienone is 1. The van der Waals surface area contributed by atoms with Gasteiger partial charge in [0.2, 0.25) is 0 Å². The molecule has 2 N–H and O–H groups in total. The second kappa shape index (κ2) is 5.42. The quantitative estimate of drug-likeness (QED) is 0.811. The first-order valence-corrected chi connectivity index (χ1v) is 7.49. The lowest BCUT2D eigenvalue weighted by Crippen LogP contribution is -1.91. The van der Waals surface area contributed by atoms with E-state index in [2.05, 4.69) is 22.3 Å². The van der Waals surface area contributed by atoms with Crippen molar-refractivity contribution < 1.29 is 0 Å². The van der Waals surface area contributed by atoms with Crippen LogP contribution in [-0.4, -0.2) is 6.54 Å². The SMILES string of the molecule is NCC=CC1=CSC(=C2SC=CS2)S1. The molecule has 0 aromatic carbocycles. The lowest BCUT2D eigenvalue weighted by Gasteiger charge is -1.99. The summed E-state index contributed by atoms with van der Waals surface area (Å²) in [6.45, 7) is 0.611. The third-order valence-corrected chi connectivity index (χ3v) is 6.49. The van der Waals surface area contributed by atoms with Gasteiger partial charge in [-0.25, -0.2) is 0 Å². The van der Waals surface area contributed by atoms with E-state index in [9.17, 15) is 0 Å². The fourth-order valence-corrected chi connectivity index (χ4v) is 5.29. The Bertz CT molecular complexity index is 331. The molecule has 0 atom stereocenters. The van der Waals surface area contributed by atoms with Crippen molar-refractivity contribution in [3.05, 3.63) is 41.8 Å². The number of nitrogens with two attached hydrogens (primary N) is 1. The minimum atomic E-state index is 0.611. The molecule has 2 aliphatic rings. The first kappa shape index (κ1) is 10.8. The minimum absolute atomic E-state index is 0.611. The maximum absolute atomic E-state index is 5.40. The van der Waals surface area contributed by atoms with Gasteiger partial charge in [0, 0.05) is 11.4 Å². The molecular formula is C9H9NS4. The molecule has 0 spiro atoms. The molecule has 0 radical (unpaired) electrons. The number of hydrogen-bond donors (Lipinski definition) is 1. The highest BCUT2D eigenvalue weighted by molar-refractivity contribution is 8.33. The summed E-state index contributed by atoms with van der Waals surface area (Å²) >= 11 is 7.24. The van der Waals surface area contributed by atoms with Gasteiger partial charge in [0.25, 0.3) is 0 Å². The van der Waals surface area contributed by atoms with Gasteiger partial charge in [0.1, 0.15) is 0 Å². The Morgan fingerprint density at radius 2 is 1.93 bits per heavy atom. The Labute approximate surface area is 101 Å². The predicted molar refractivity (Wildman–Crippen MR) is 72.8 cm³/mol. The molecule has 0 aromatic rings. The Morgan fingerprint density at radius 1 is 1.14 bits per heavy atom. The second-order valence-corrected chi connectivity index (χ2v) is 6.77. The highest BCUT2D eigenvalue weighted by Crippen LogP contribution is 2.53. The van der Waals surface area contributed by atoms with E-state index in [1.807, 2.05) is 17.8 Å². The highest BCUT2D eigenvalue weighted by atomic mass is 32.2. The molecule has 0 saturated carbocycles. The topological polar surface area (TPSA) is 26.0 Å². The van der Waals surface area contributed by atoms with Crippen molar-refractivity contribution >= 4 is 47.0 Å². The summed E-state index contributed by atoms with van der Waals surface area (Å²) in [6, 6.07) is 0. The number of thioether (sulfide) groups is 4. The van der Waals surface area contributed by atoms with Gasteiger partial charge >= 0.3 is 0 Å². The standard InChI is InChI=1S/C9H9NS4/c10-3-1-2-7-6-13-9(14-7)8-11-4-5-12-8/h1-2,4-6H,3,10H2. The molecule has 0 bridgehead atoms. The number of rotatable bonds is 2. The van der Waals surface area contributed by atoms with Crippen LogP contribution in [0.15, 0.2) is 41.8 Å². The van der Waals surface area contributed by atoms with Crippen molar-refractivity contribution in [3.8, 4) is 0 Å². The van der Waals surface area contributed by atoms with Crippen molar-refractivity contribution in [3.63, 3.8) is 0 Å². The van der Waals surface area contributed by atoms with Gasteiger partial charge in [-0.2, -0.15) is 0 Å². The zero-order valence-electron chi connectivity index (χ0n) is 7.30. The summed E-state index contributed by atoms with van der Waals surface area (Å²) < 4.78 is 2.79. The van der Waals surface area contributed by atoms with Crippen LogP contribution in [0.4, 0.5) is 0 Å². The molecule has 2 aliphatic heterocycles. The van der Waals surface area contributed by atoms with Crippen molar-refractivity contribution in [2.24, 2.45) is 5.73 Å². The Morgan fingerprint density at radius 3 is 2.64 bits per heavy atom. The molecule has 0 saturated heterocycles. The van der Waals surface area contributed by atoms with Crippen LogP contribution in [0.1, 0.15) is 0 Å². The van der Waals surface area contributed by atoms with Gasteiger partial charge in [-0.05, 0) is 16.2 Å². The molecule has 2 heterocycles. The third-order valence-electron chi connectivity index (χ3n) is 1.48. The Hall–Kier alpha value is 0.320. The summed E-state index contributed by atoms with van der Waals surface area (Å²) in [5, 5.41) is 6.43. The summed E-state index contributed by atoms with van der Waals surface area (Å²) in [5.41, 5.74) is 5.40. The van der Waals surface area contributed by atoms with Gasteiger partial charge < -0.3 is 5.73 Å². The van der Waals surface area contributed by atoms with Gasteiger partial charge in [-0.15, -0.1) is 0 Å². The van der Waals surface area contributed by atoms with Gasteiger partial charge in [-0.3, -0.25) is 0 Å². The molecule has 0 aliphatic carbocycles. The normalized spacial score (nSPS) is 21.4. The first-order valence-electron chi connectivity index (χ1n) is 4.04. The fourth-order valence-electron chi connectivity index (χ4n) is 0.917. The van der Waals surface area contributed by atoms with E-state index < -0.39 is 0 Å². The van der Waals surface area contributed by atoms with Crippen LogP contribution in [0.3, 0.4) is 0 Å². The Kier molecular flexibility index (Phi) is 4.19. The molecule has 0 unspecified atom stereocenters. The average molecular weight is 259 g/mol. The van der Waals surface area contributed by atoms with Crippen LogP contribution < -0.4 is 5.73 Å². The molecule has 0 aromatic heterocycles. The van der Waals surface area contributed by atoms with E-state index in [-0.39, 0.29) is 0 Å². The van der Waals surface area contributed by atoms with Gasteiger partial charge in [-0.1, -0.05) is 59.2 Å². The van der Waals surface area contributed by atoms with E-state index in [0.29, 0.717) is 6.54 Å². The molecule has 0 amide bonds.